The Morgan fingerprint density at radius 1 is 1.25 bits per heavy atom. The topological polar surface area (TPSA) is 79.5 Å². The fraction of sp³-hybridized carbons (Fsp3) is 0.167. The molecule has 1 amide bonds. The van der Waals surface area contributed by atoms with Crippen molar-refractivity contribution >= 4 is 22.8 Å². The van der Waals surface area contributed by atoms with Crippen molar-refractivity contribution in [1.82, 2.24) is 5.32 Å². The van der Waals surface area contributed by atoms with Crippen LogP contribution in [0, 0.1) is 0 Å². The number of halogens is 3. The molecule has 0 atom stereocenters. The lowest BCUT2D eigenvalue weighted by atomic mass is 10.1. The average Bonchev–Trinajstić information content (AvgIpc) is 2.76. The molecule has 0 saturated carbocycles. The maximum absolute atomic E-state index is 12.5. The molecule has 2 aromatic rings. The minimum atomic E-state index is -4.46. The molecule has 0 fully saturated rings. The lowest BCUT2D eigenvalue weighted by molar-refractivity contribution is -0.150. The van der Waals surface area contributed by atoms with E-state index in [0.717, 1.165) is 12.1 Å². The summed E-state index contributed by atoms with van der Waals surface area (Å²) < 4.78 is 42.7. The van der Waals surface area contributed by atoms with Crippen molar-refractivity contribution in [3.63, 3.8) is 0 Å². The van der Waals surface area contributed by atoms with Crippen molar-refractivity contribution in [2.45, 2.75) is 12.7 Å². The van der Waals surface area contributed by atoms with Crippen molar-refractivity contribution < 1.29 is 32.3 Å². The molecule has 0 saturated heterocycles. The molecule has 1 aromatic carbocycles. The Kier molecular flexibility index (Phi) is 3.39. The third-order valence-corrected chi connectivity index (χ3v) is 2.51. The van der Waals surface area contributed by atoms with E-state index in [2.05, 4.69) is 0 Å². The zero-order chi connectivity index (χ0) is 14.9. The van der Waals surface area contributed by atoms with Crippen LogP contribution in [0.5, 0.6) is 0 Å². The Balaban J connectivity index is 2.21. The Morgan fingerprint density at radius 3 is 2.55 bits per heavy atom. The van der Waals surface area contributed by atoms with Gasteiger partial charge < -0.3 is 14.8 Å². The summed E-state index contributed by atoms with van der Waals surface area (Å²) in [4.78, 5) is 21.1. The molecule has 1 aromatic heterocycles. The fourth-order valence-electron chi connectivity index (χ4n) is 1.60. The van der Waals surface area contributed by atoms with Gasteiger partial charge in [-0.05, 0) is 24.3 Å². The number of carboxylic acids is 1. The van der Waals surface area contributed by atoms with Crippen LogP contribution < -0.4 is 5.32 Å². The lowest BCUT2D eigenvalue weighted by Crippen LogP contribution is -2.29. The highest BCUT2D eigenvalue weighted by molar-refractivity contribution is 6.31. The van der Waals surface area contributed by atoms with Gasteiger partial charge in [0.1, 0.15) is 11.3 Å². The van der Waals surface area contributed by atoms with Crippen molar-refractivity contribution in [2.24, 2.45) is 0 Å². The molecule has 5 nitrogen and oxygen atoms in total. The Morgan fingerprint density at radius 2 is 1.95 bits per heavy atom. The second-order valence-electron chi connectivity index (χ2n) is 3.95. The summed E-state index contributed by atoms with van der Waals surface area (Å²) >= 11 is 0. The Hall–Kier alpha value is -2.51. The van der Waals surface area contributed by atoms with E-state index in [1.54, 1.807) is 0 Å². The van der Waals surface area contributed by atoms with E-state index in [4.69, 9.17) is 9.52 Å². The summed E-state index contributed by atoms with van der Waals surface area (Å²) in [6, 6.07) is 4.28. The van der Waals surface area contributed by atoms with E-state index < -0.39 is 23.6 Å². The van der Waals surface area contributed by atoms with Gasteiger partial charge in [0.2, 0.25) is 0 Å². The zero-order valence-corrected chi connectivity index (χ0v) is 9.82. The van der Waals surface area contributed by atoms with Gasteiger partial charge in [-0.2, -0.15) is 13.2 Å². The van der Waals surface area contributed by atoms with Crippen molar-refractivity contribution in [1.29, 1.82) is 0 Å². The number of furan rings is 1. The van der Waals surface area contributed by atoms with E-state index >= 15 is 0 Å². The van der Waals surface area contributed by atoms with E-state index in [9.17, 15) is 22.8 Å². The van der Waals surface area contributed by atoms with Gasteiger partial charge in [-0.25, -0.2) is 4.79 Å². The molecule has 2 rings (SSSR count). The van der Waals surface area contributed by atoms with Gasteiger partial charge in [0.25, 0.3) is 0 Å². The fourth-order valence-corrected chi connectivity index (χ4v) is 1.60. The third kappa shape index (κ3) is 2.90. The average molecular weight is 287 g/mol. The highest BCUT2D eigenvalue weighted by Crippen LogP contribution is 2.32. The Labute approximate surface area is 110 Å². The summed E-state index contributed by atoms with van der Waals surface area (Å²) in [7, 11) is 0. The number of benzene rings is 1. The minimum absolute atomic E-state index is 0.161. The maximum Gasteiger partial charge on any atom is 0.416 e. The molecule has 0 radical (unpaired) electrons. The van der Waals surface area contributed by atoms with Gasteiger partial charge in [-0.15, -0.1) is 0 Å². The van der Waals surface area contributed by atoms with Crippen LogP contribution in [0.2, 0.25) is 0 Å². The molecule has 20 heavy (non-hydrogen) atoms. The van der Waals surface area contributed by atoms with Crippen LogP contribution in [0.4, 0.5) is 13.2 Å². The second-order valence-corrected chi connectivity index (χ2v) is 3.95. The lowest BCUT2D eigenvalue weighted by Gasteiger charge is -2.04. The zero-order valence-electron chi connectivity index (χ0n) is 9.82. The highest BCUT2D eigenvalue weighted by Gasteiger charge is 2.30. The number of rotatable bonds is 2. The summed E-state index contributed by atoms with van der Waals surface area (Å²) in [6.07, 6.45) is -4.46. The molecule has 106 valence electrons. The summed E-state index contributed by atoms with van der Waals surface area (Å²) in [5.74, 6) is -2.71. The normalized spacial score (nSPS) is 11.6. The van der Waals surface area contributed by atoms with Crippen LogP contribution in [0.1, 0.15) is 11.3 Å². The van der Waals surface area contributed by atoms with Crippen LogP contribution in [-0.2, 0) is 22.3 Å². The van der Waals surface area contributed by atoms with E-state index in [-0.39, 0.29) is 23.3 Å². The van der Waals surface area contributed by atoms with Crippen molar-refractivity contribution in [2.75, 3.05) is 0 Å². The summed E-state index contributed by atoms with van der Waals surface area (Å²) in [5, 5.41) is 10.6. The van der Waals surface area contributed by atoms with Crippen LogP contribution >= 0.6 is 0 Å². The largest absolute Gasteiger partial charge is 0.474 e. The summed E-state index contributed by atoms with van der Waals surface area (Å²) in [5.41, 5.74) is -0.593. The van der Waals surface area contributed by atoms with Crippen LogP contribution in [-0.4, -0.2) is 17.0 Å². The quantitative estimate of drug-likeness (QED) is 0.829. The number of hydrogen-bond acceptors (Lipinski definition) is 3. The van der Waals surface area contributed by atoms with Gasteiger partial charge in [-0.1, -0.05) is 0 Å². The molecule has 8 heteroatoms. The molecular formula is C12H8F3NO4. The first kappa shape index (κ1) is 13.9. The number of carboxylic acid groups (broad SMARTS) is 1. The molecule has 1 heterocycles. The third-order valence-electron chi connectivity index (χ3n) is 2.51. The minimum Gasteiger partial charge on any atom is -0.474 e. The first-order chi connectivity index (χ1) is 9.27. The van der Waals surface area contributed by atoms with E-state index in [0.29, 0.717) is 0 Å². The molecule has 2 N–H and O–H groups in total. The van der Waals surface area contributed by atoms with Gasteiger partial charge >= 0.3 is 18.1 Å². The van der Waals surface area contributed by atoms with E-state index in [1.165, 1.54) is 12.1 Å². The molecular weight excluding hydrogens is 279 g/mol. The van der Waals surface area contributed by atoms with Crippen molar-refractivity contribution in [3.8, 4) is 0 Å². The summed E-state index contributed by atoms with van der Waals surface area (Å²) in [6.45, 7) is -0.221. The van der Waals surface area contributed by atoms with Gasteiger partial charge in [0, 0.05) is 5.39 Å². The number of carbonyl (C=O) groups excluding carboxylic acids is 1. The molecule has 0 aliphatic carbocycles. The first-order valence-electron chi connectivity index (χ1n) is 5.38. The number of hydrogen-bond donors (Lipinski definition) is 2. The number of carbonyl (C=O) groups is 2. The molecule has 0 unspecified atom stereocenters. The number of fused-ring (bicyclic) bond motifs is 1. The molecule has 0 spiro atoms. The number of nitrogens with one attached hydrogen (secondary N) is 1. The maximum atomic E-state index is 12.5. The van der Waals surface area contributed by atoms with Gasteiger partial charge in [0.15, 0.2) is 0 Å². The van der Waals surface area contributed by atoms with Gasteiger partial charge in [0.05, 0.1) is 12.1 Å². The molecule has 0 aliphatic rings. The Bertz CT molecular complexity index is 675. The molecule has 0 bridgehead atoms. The predicted octanol–water partition coefficient (Wildman–Crippen LogP) is 2.15. The number of alkyl halides is 3. The van der Waals surface area contributed by atoms with Gasteiger partial charge in [-0.3, -0.25) is 4.79 Å². The smallest absolute Gasteiger partial charge is 0.416 e. The SMILES string of the molecule is O=C(O)C(=O)NCc1cc2cc(C(F)(F)F)ccc2o1. The van der Waals surface area contributed by atoms with Crippen molar-refractivity contribution in [3.05, 3.63) is 35.6 Å². The second kappa shape index (κ2) is 4.87. The van der Waals surface area contributed by atoms with Crippen LogP contribution in [0.25, 0.3) is 11.0 Å². The van der Waals surface area contributed by atoms with Crippen LogP contribution in [0.15, 0.2) is 28.7 Å². The first-order valence-corrected chi connectivity index (χ1v) is 5.38. The van der Waals surface area contributed by atoms with E-state index in [1.807, 2.05) is 5.32 Å². The highest BCUT2D eigenvalue weighted by atomic mass is 19.4. The number of amides is 1. The monoisotopic (exact) mass is 287 g/mol. The standard InChI is InChI=1S/C12H8F3NO4/c13-12(14,15)7-1-2-9-6(3-7)4-8(20-9)5-16-10(17)11(18)19/h1-4H,5H2,(H,16,17)(H,18,19). The van der Waals surface area contributed by atoms with Crippen LogP contribution in [0.3, 0.4) is 0 Å². The predicted molar refractivity (Wildman–Crippen MR) is 60.7 cm³/mol. The number of aliphatic carboxylic acids is 1. The molecule has 0 aliphatic heterocycles.